The molecule has 5 heteroatoms. The highest BCUT2D eigenvalue weighted by Crippen LogP contribution is 2.34. The van der Waals surface area contributed by atoms with E-state index in [4.69, 9.17) is 4.74 Å². The summed E-state index contributed by atoms with van der Waals surface area (Å²) in [5, 5.41) is 10.1. The van der Waals surface area contributed by atoms with Crippen LogP contribution in [0.5, 0.6) is 5.75 Å². The van der Waals surface area contributed by atoms with Crippen molar-refractivity contribution < 1.29 is 14.6 Å². The van der Waals surface area contributed by atoms with Gasteiger partial charge in [-0.05, 0) is 55.9 Å². The van der Waals surface area contributed by atoms with Gasteiger partial charge in [0.2, 0.25) is 0 Å². The molecule has 27 heavy (non-hydrogen) atoms. The first kappa shape index (κ1) is 19.8. The van der Waals surface area contributed by atoms with Crippen molar-refractivity contribution in [2.24, 2.45) is 0 Å². The van der Waals surface area contributed by atoms with Gasteiger partial charge in [0.25, 0.3) is 5.91 Å². The SMILES string of the molecule is CSc1ccc(OC(C)C(=O)N2CCCC(CO)(c3ccccc3)C2)cc1. The number of thioether (sulfide) groups is 1. The standard InChI is InChI=1S/C22H27NO3S/c1-17(26-19-9-11-20(27-2)12-10-19)21(25)23-14-6-13-22(15-23,16-24)18-7-4-3-5-8-18/h3-5,7-12,17,24H,6,13-16H2,1-2H3. The van der Waals surface area contributed by atoms with Crippen molar-refractivity contribution in [3.8, 4) is 5.75 Å². The maximum absolute atomic E-state index is 13.0. The molecule has 1 amide bonds. The molecule has 1 aliphatic rings. The zero-order chi connectivity index (χ0) is 19.3. The number of aliphatic hydroxyl groups excluding tert-OH is 1. The monoisotopic (exact) mass is 385 g/mol. The van der Waals surface area contributed by atoms with Gasteiger partial charge in [-0.3, -0.25) is 4.79 Å². The predicted molar refractivity (Wildman–Crippen MR) is 109 cm³/mol. The fraction of sp³-hybridized carbons (Fsp3) is 0.409. The van der Waals surface area contributed by atoms with Crippen molar-refractivity contribution in [3.63, 3.8) is 0 Å². The van der Waals surface area contributed by atoms with Gasteiger partial charge in [-0.1, -0.05) is 30.3 Å². The van der Waals surface area contributed by atoms with Gasteiger partial charge in [0, 0.05) is 23.4 Å². The molecular formula is C22H27NO3S. The number of benzene rings is 2. The van der Waals surface area contributed by atoms with E-state index in [0.717, 1.165) is 23.3 Å². The molecule has 0 radical (unpaired) electrons. The number of piperidine rings is 1. The third-order valence-electron chi connectivity index (χ3n) is 5.30. The molecule has 1 heterocycles. The van der Waals surface area contributed by atoms with Crippen molar-refractivity contribution in [1.29, 1.82) is 0 Å². The Bertz CT molecular complexity index is 750. The molecule has 2 aromatic rings. The minimum absolute atomic E-state index is 0.0302. The molecule has 1 N–H and O–H groups in total. The van der Waals surface area contributed by atoms with E-state index in [0.29, 0.717) is 18.8 Å². The summed E-state index contributed by atoms with van der Waals surface area (Å²) in [4.78, 5) is 16.0. The van der Waals surface area contributed by atoms with Gasteiger partial charge >= 0.3 is 0 Å². The van der Waals surface area contributed by atoms with Crippen LogP contribution in [0.25, 0.3) is 0 Å². The summed E-state index contributed by atoms with van der Waals surface area (Å²) in [5.41, 5.74) is 0.695. The maximum atomic E-state index is 13.0. The summed E-state index contributed by atoms with van der Waals surface area (Å²) >= 11 is 1.67. The highest BCUT2D eigenvalue weighted by molar-refractivity contribution is 7.98. The van der Waals surface area contributed by atoms with Gasteiger partial charge in [-0.2, -0.15) is 0 Å². The number of carbonyl (C=O) groups is 1. The summed E-state index contributed by atoms with van der Waals surface area (Å²) in [6.45, 7) is 3.05. The Morgan fingerprint density at radius 1 is 1.22 bits per heavy atom. The quantitative estimate of drug-likeness (QED) is 0.770. The largest absolute Gasteiger partial charge is 0.481 e. The molecule has 0 saturated carbocycles. The summed E-state index contributed by atoms with van der Waals surface area (Å²) in [5.74, 6) is 0.666. The van der Waals surface area contributed by atoms with Crippen LogP contribution in [0.4, 0.5) is 0 Å². The van der Waals surface area contributed by atoms with E-state index in [2.05, 4.69) is 0 Å². The second-order valence-corrected chi connectivity index (χ2v) is 7.98. The third kappa shape index (κ3) is 4.47. The molecule has 4 nitrogen and oxygen atoms in total. The zero-order valence-corrected chi connectivity index (χ0v) is 16.7. The lowest BCUT2D eigenvalue weighted by Gasteiger charge is -2.42. The molecule has 1 saturated heterocycles. The average molecular weight is 386 g/mol. The molecule has 1 fully saturated rings. The fourth-order valence-electron chi connectivity index (χ4n) is 3.73. The van der Waals surface area contributed by atoms with Crippen molar-refractivity contribution in [2.45, 2.75) is 36.2 Å². The Labute approximate surface area is 165 Å². The topological polar surface area (TPSA) is 49.8 Å². The predicted octanol–water partition coefficient (Wildman–Crippen LogP) is 3.73. The number of likely N-dealkylation sites (tertiary alicyclic amines) is 1. The first-order valence-electron chi connectivity index (χ1n) is 9.34. The highest BCUT2D eigenvalue weighted by atomic mass is 32.2. The van der Waals surface area contributed by atoms with E-state index in [1.165, 1.54) is 0 Å². The number of hydrogen-bond donors (Lipinski definition) is 1. The number of amides is 1. The molecule has 3 rings (SSSR count). The van der Waals surface area contributed by atoms with E-state index in [9.17, 15) is 9.90 Å². The van der Waals surface area contributed by atoms with Gasteiger partial charge in [0.05, 0.1) is 6.61 Å². The highest BCUT2D eigenvalue weighted by Gasteiger charge is 2.39. The maximum Gasteiger partial charge on any atom is 0.263 e. The van der Waals surface area contributed by atoms with Gasteiger partial charge in [0.15, 0.2) is 6.10 Å². The first-order valence-corrected chi connectivity index (χ1v) is 10.6. The zero-order valence-electron chi connectivity index (χ0n) is 15.9. The molecule has 2 unspecified atom stereocenters. The molecule has 144 valence electrons. The number of ether oxygens (including phenoxy) is 1. The Kier molecular flexibility index (Phi) is 6.45. The van der Waals surface area contributed by atoms with E-state index in [-0.39, 0.29) is 12.5 Å². The lowest BCUT2D eigenvalue weighted by Crippen LogP contribution is -2.53. The normalized spacial score (nSPS) is 20.9. The second-order valence-electron chi connectivity index (χ2n) is 7.10. The average Bonchev–Trinajstić information content (AvgIpc) is 2.74. The van der Waals surface area contributed by atoms with E-state index in [1.54, 1.807) is 18.7 Å². The molecule has 1 aliphatic heterocycles. The van der Waals surface area contributed by atoms with Crippen molar-refractivity contribution in [2.75, 3.05) is 26.0 Å². The Hall–Kier alpha value is -1.98. The molecule has 0 spiro atoms. The van der Waals surface area contributed by atoms with Crippen LogP contribution in [0.1, 0.15) is 25.3 Å². The van der Waals surface area contributed by atoms with Crippen LogP contribution in [0.3, 0.4) is 0 Å². The smallest absolute Gasteiger partial charge is 0.263 e. The van der Waals surface area contributed by atoms with Crippen LogP contribution < -0.4 is 4.74 Å². The van der Waals surface area contributed by atoms with Gasteiger partial charge in [-0.25, -0.2) is 0 Å². The number of aliphatic hydroxyl groups is 1. The van der Waals surface area contributed by atoms with Crippen LogP contribution in [-0.4, -0.2) is 48.0 Å². The minimum atomic E-state index is -0.560. The summed E-state index contributed by atoms with van der Waals surface area (Å²) in [6, 6.07) is 17.8. The Morgan fingerprint density at radius 2 is 1.93 bits per heavy atom. The van der Waals surface area contributed by atoms with Gasteiger partial charge < -0.3 is 14.7 Å². The lowest BCUT2D eigenvalue weighted by atomic mass is 9.74. The van der Waals surface area contributed by atoms with Crippen molar-refractivity contribution in [3.05, 3.63) is 60.2 Å². The minimum Gasteiger partial charge on any atom is -0.481 e. The summed E-state index contributed by atoms with van der Waals surface area (Å²) in [6.07, 6.45) is 3.22. The third-order valence-corrected chi connectivity index (χ3v) is 6.04. The fourth-order valence-corrected chi connectivity index (χ4v) is 4.14. The van der Waals surface area contributed by atoms with Crippen LogP contribution >= 0.6 is 11.8 Å². The van der Waals surface area contributed by atoms with Crippen molar-refractivity contribution >= 4 is 17.7 Å². The summed E-state index contributed by atoms with van der Waals surface area (Å²) in [7, 11) is 0. The molecule has 0 bridgehead atoms. The molecular weight excluding hydrogens is 358 g/mol. The second kappa shape index (κ2) is 8.81. The molecule has 0 aliphatic carbocycles. The van der Waals surface area contributed by atoms with E-state index >= 15 is 0 Å². The van der Waals surface area contributed by atoms with Crippen LogP contribution in [0, 0.1) is 0 Å². The lowest BCUT2D eigenvalue weighted by molar-refractivity contribution is -0.140. The van der Waals surface area contributed by atoms with Crippen LogP contribution in [0.2, 0.25) is 0 Å². The van der Waals surface area contributed by atoms with Crippen molar-refractivity contribution in [1.82, 2.24) is 4.90 Å². The number of hydrogen-bond acceptors (Lipinski definition) is 4. The molecule has 2 atom stereocenters. The Morgan fingerprint density at radius 3 is 2.56 bits per heavy atom. The Balaban J connectivity index is 1.70. The van der Waals surface area contributed by atoms with Gasteiger partial charge in [-0.15, -0.1) is 11.8 Å². The molecule has 0 aromatic heterocycles. The van der Waals surface area contributed by atoms with Crippen LogP contribution in [0.15, 0.2) is 59.5 Å². The number of carbonyl (C=O) groups excluding carboxylic acids is 1. The van der Waals surface area contributed by atoms with E-state index < -0.39 is 11.5 Å². The first-order chi connectivity index (χ1) is 13.1. The number of nitrogens with zero attached hydrogens (tertiary/aromatic N) is 1. The van der Waals surface area contributed by atoms with Gasteiger partial charge in [0.1, 0.15) is 5.75 Å². The summed E-state index contributed by atoms with van der Waals surface area (Å²) < 4.78 is 5.87. The number of rotatable bonds is 6. The van der Waals surface area contributed by atoms with E-state index in [1.807, 2.05) is 65.8 Å². The van der Waals surface area contributed by atoms with Crippen LogP contribution in [-0.2, 0) is 10.2 Å². The molecule has 2 aromatic carbocycles.